The third kappa shape index (κ3) is 7.73. The number of nitrogens with zero attached hydrogens (tertiary/aromatic N) is 5. The van der Waals surface area contributed by atoms with Crippen molar-refractivity contribution in [3.8, 4) is 89.8 Å². The Morgan fingerprint density at radius 1 is 0.580 bits per heavy atom. The van der Waals surface area contributed by atoms with E-state index in [0.717, 1.165) is 27.8 Å². The second kappa shape index (κ2) is 18.8. The van der Waals surface area contributed by atoms with Crippen LogP contribution in [0.5, 0.6) is 11.6 Å². The zero-order chi connectivity index (χ0) is 64.9. The number of aryl methyl sites for hydroxylation is 2. The van der Waals surface area contributed by atoms with Crippen LogP contribution in [0.2, 0.25) is 0 Å². The van der Waals surface area contributed by atoms with Crippen molar-refractivity contribution >= 4 is 46.4 Å². The normalized spacial score (nSPS) is 15.4. The molecule has 0 fully saturated rings. The third-order valence-corrected chi connectivity index (χ3v) is 16.8. The Labute approximate surface area is 501 Å². The summed E-state index contributed by atoms with van der Waals surface area (Å²) < 4.78 is 122. The van der Waals surface area contributed by atoms with Crippen molar-refractivity contribution in [3.05, 3.63) is 257 Å². The number of aromatic nitrogens is 3. The molecule has 0 amide bonds. The molecule has 0 atom stereocenters. The first-order chi connectivity index (χ1) is 44.4. The van der Waals surface area contributed by atoms with E-state index in [1.807, 2.05) is 160 Å². The molecule has 81 heavy (non-hydrogen) atoms. The van der Waals surface area contributed by atoms with Crippen LogP contribution >= 0.6 is 0 Å². The number of imidazole rings is 1. The van der Waals surface area contributed by atoms with E-state index in [-0.39, 0.29) is 63.0 Å². The fraction of sp³-hybridized carbons (Fsp3) is 0.0959. The summed E-state index contributed by atoms with van der Waals surface area (Å²) in [4.78, 5) is 9.57. The predicted octanol–water partition coefficient (Wildman–Crippen LogP) is 17.8. The van der Waals surface area contributed by atoms with Gasteiger partial charge >= 0.3 is 422 Å². The molecule has 10 aromatic carbocycles. The summed E-state index contributed by atoms with van der Waals surface area (Å²) in [5, 5.41) is 0. The number of ether oxygens (including phenoxy) is 1. The zero-order valence-corrected chi connectivity index (χ0v) is 46.4. The average Bonchev–Trinajstić information content (AvgIpc) is 1.61. The Morgan fingerprint density at radius 2 is 1.27 bits per heavy atom. The predicted molar refractivity (Wildman–Crippen MR) is 329 cm³/mol. The molecule has 0 radical (unpaired) electrons. The summed E-state index contributed by atoms with van der Waals surface area (Å²) in [6, 6.07) is 67.7. The zero-order valence-electron chi connectivity index (χ0n) is 56.1. The van der Waals surface area contributed by atoms with E-state index in [1.54, 1.807) is 42.5 Å². The van der Waals surface area contributed by atoms with Gasteiger partial charge in [0.05, 0.1) is 0 Å². The molecule has 0 aliphatic carbocycles. The molecule has 3 aliphatic heterocycles. The van der Waals surface area contributed by atoms with E-state index in [9.17, 15) is 8.22 Å². The van der Waals surface area contributed by atoms with Crippen LogP contribution in [-0.2, 0) is 24.8 Å². The molecule has 3 aliphatic rings. The number of hydrogen-bond acceptors (Lipinski definition) is 4. The second-order valence-electron chi connectivity index (χ2n) is 21.6. The van der Waals surface area contributed by atoms with Crippen molar-refractivity contribution in [1.29, 1.82) is 0 Å². The van der Waals surface area contributed by atoms with Gasteiger partial charge in [0.1, 0.15) is 0 Å². The van der Waals surface area contributed by atoms with E-state index in [4.69, 9.17) is 17.9 Å². The van der Waals surface area contributed by atoms with Gasteiger partial charge in [-0.2, -0.15) is 12.1 Å². The van der Waals surface area contributed by atoms with Crippen molar-refractivity contribution in [2.24, 2.45) is 0 Å². The van der Waals surface area contributed by atoms with Crippen LogP contribution in [0.4, 0.5) is 22.9 Å². The molecule has 8 heteroatoms. The van der Waals surface area contributed by atoms with Gasteiger partial charge < -0.3 is 0 Å². The summed E-state index contributed by atoms with van der Waals surface area (Å²) in [5.74, 6) is 0.471. The molecule has 0 spiro atoms. The molecule has 0 N–H and O–H groups in total. The quantitative estimate of drug-likeness (QED) is 0.112. The van der Waals surface area contributed by atoms with Gasteiger partial charge in [0.2, 0.25) is 0 Å². The van der Waals surface area contributed by atoms with E-state index in [0.29, 0.717) is 87.9 Å². The number of hydrogen-bond donors (Lipinski definition) is 0. The molecular formula is C73H54BN5OPt-2. The Bertz CT molecular complexity index is 5170. The van der Waals surface area contributed by atoms with Gasteiger partial charge in [0, 0.05) is 15.4 Å². The standard InChI is InChI=1S/C73H54BN5O.Pt/c1-46-22-17-28-51(40-46)57-31-20-32-58(53-41-52(49-24-9-7-10-25-49)42-54(43-53)73(4,5)6)70(57)77-45-76(61-35-13-14-36-62(61)77)55-29-19-30-56(44-55)80-72-67(50-26-11-8-12-27-50)48(3)68-60-34-21-33-59-66-47(2)23-18-39-65(66)78-63-37-15-16-38-64(63)79(71(68)75-72)74(78)69(59)60;/h7-37,39-43H,1-6H3;/q-2;/i1D3,2D3,3D3,20D,31D,32D;. The fourth-order valence-corrected chi connectivity index (χ4v) is 13.2. The molecule has 2 aromatic heterocycles. The van der Waals surface area contributed by atoms with Gasteiger partial charge in [0.15, 0.2) is 0 Å². The van der Waals surface area contributed by atoms with Gasteiger partial charge in [0.25, 0.3) is 0 Å². The second-order valence-corrected chi connectivity index (χ2v) is 22.6. The Balaban J connectivity index is 0.968. The molecule has 6 nitrogen and oxygen atoms in total. The van der Waals surface area contributed by atoms with Gasteiger partial charge in [-0.1, -0.05) is 24.3 Å². The summed E-state index contributed by atoms with van der Waals surface area (Å²) >= 11 is 2.24. The van der Waals surface area contributed by atoms with E-state index < -0.39 is 27.5 Å². The number of rotatable bonds is 8. The molecule has 0 saturated heterocycles. The molecule has 0 saturated carbocycles. The van der Waals surface area contributed by atoms with Gasteiger partial charge in [-0.15, -0.1) is 6.07 Å². The SMILES string of the molecule is [2H]c1c([2H])c(-c2cccc(C([2H])([2H])[2H])c2)c(-n2[c](=[Pt])n(-c3[c-]c(Oc4nc5c(c(C([2H])([2H])[2H])c4-c4ccccc4)-c4cccc6c4B4N(c7ccc[c-]c7N45)c4cccc(C([2H])([2H])[2H])c4-6)ccc3)c3ccccc32)c(-c2cc(-c3ccccc3)cc(C(C)(C)C)c2)c1[2H]. The van der Waals surface area contributed by atoms with Gasteiger partial charge in [-0.25, -0.2) is 0 Å². The molecular weight excluding hydrogens is 1170 g/mol. The number of pyridine rings is 1. The van der Waals surface area contributed by atoms with Crippen LogP contribution in [0.15, 0.2) is 218 Å². The fourth-order valence-electron chi connectivity index (χ4n) is 12.2. The van der Waals surface area contributed by atoms with Crippen molar-refractivity contribution in [2.45, 2.75) is 46.7 Å². The first kappa shape index (κ1) is 37.8. The number of para-hydroxylation sites is 4. The minimum absolute atomic E-state index is 0.0134. The van der Waals surface area contributed by atoms with Crippen molar-refractivity contribution < 1.29 is 40.5 Å². The maximum atomic E-state index is 10.0. The van der Waals surface area contributed by atoms with E-state index >= 15 is 0 Å². The number of anilines is 4. The molecule has 12 aromatic rings. The van der Waals surface area contributed by atoms with Gasteiger partial charge in [-0.05, 0) is 24.0 Å². The maximum absolute atomic E-state index is 10.0. The number of fused-ring (bicyclic) bond motifs is 10. The van der Waals surface area contributed by atoms with Gasteiger partial charge in [-0.3, -0.25) is 0 Å². The molecule has 0 bridgehead atoms. The van der Waals surface area contributed by atoms with E-state index in [2.05, 4.69) is 63.1 Å². The van der Waals surface area contributed by atoms with Crippen LogP contribution in [-0.4, -0.2) is 21.1 Å². The summed E-state index contributed by atoms with van der Waals surface area (Å²) in [7, 11) is 0. The summed E-state index contributed by atoms with van der Waals surface area (Å²) in [6.45, 7) is -2.07. The Hall–Kier alpha value is -9.03. The van der Waals surface area contributed by atoms with Crippen LogP contribution in [0.3, 0.4) is 0 Å². The van der Waals surface area contributed by atoms with Crippen molar-refractivity contribution in [1.82, 2.24) is 14.1 Å². The first-order valence-corrected chi connectivity index (χ1v) is 27.9. The van der Waals surface area contributed by atoms with Crippen LogP contribution in [0.25, 0.3) is 89.2 Å². The topological polar surface area (TPSA) is 38.5 Å². The monoisotopic (exact) mass is 1230 g/mol. The third-order valence-electron chi connectivity index (χ3n) is 15.8. The van der Waals surface area contributed by atoms with Crippen molar-refractivity contribution in [2.75, 3.05) is 9.62 Å². The Kier molecular flexibility index (Phi) is 8.76. The van der Waals surface area contributed by atoms with Crippen LogP contribution in [0.1, 0.15) is 59.5 Å². The minimum atomic E-state index is -2.80. The van der Waals surface area contributed by atoms with Crippen molar-refractivity contribution in [3.63, 3.8) is 0 Å². The number of benzene rings is 10. The average molecular weight is 1240 g/mol. The summed E-state index contributed by atoms with van der Waals surface area (Å²) in [6.07, 6.45) is 0. The van der Waals surface area contributed by atoms with Crippen LogP contribution in [0, 0.1) is 36.5 Å². The summed E-state index contributed by atoms with van der Waals surface area (Å²) in [5.41, 5.74) is 12.1. The molecule has 392 valence electrons. The first-order valence-electron chi connectivity index (χ1n) is 32.7. The van der Waals surface area contributed by atoms with Crippen LogP contribution < -0.4 is 19.8 Å². The van der Waals surface area contributed by atoms with E-state index in [1.165, 1.54) is 6.07 Å². The molecule has 0 unspecified atom stereocenters. The Morgan fingerprint density at radius 3 is 2.05 bits per heavy atom. The molecule has 5 heterocycles. The molecule has 15 rings (SSSR count).